The molecule has 2 aromatic rings. The predicted octanol–water partition coefficient (Wildman–Crippen LogP) is 4.00. The molecule has 1 aromatic heterocycles. The van der Waals surface area contributed by atoms with Crippen molar-refractivity contribution in [2.75, 3.05) is 6.54 Å². The van der Waals surface area contributed by atoms with Gasteiger partial charge in [0.25, 0.3) is 5.91 Å². The van der Waals surface area contributed by atoms with Crippen LogP contribution in [0.15, 0.2) is 36.5 Å². The number of halogens is 4. The maximum Gasteiger partial charge on any atom is 0.417 e. The molecule has 0 unspecified atom stereocenters. The first-order valence-corrected chi connectivity index (χ1v) is 9.33. The van der Waals surface area contributed by atoms with Gasteiger partial charge in [-0.05, 0) is 23.8 Å². The van der Waals surface area contributed by atoms with Gasteiger partial charge in [0.1, 0.15) is 0 Å². The molecule has 0 aliphatic carbocycles. The van der Waals surface area contributed by atoms with Crippen molar-refractivity contribution in [3.8, 4) is 0 Å². The molecule has 0 bridgehead atoms. The van der Waals surface area contributed by atoms with E-state index in [0.29, 0.717) is 18.7 Å². The molecule has 0 atom stereocenters. The highest BCUT2D eigenvalue weighted by atomic mass is 35.5. The van der Waals surface area contributed by atoms with Crippen LogP contribution in [0, 0.1) is 5.92 Å². The van der Waals surface area contributed by atoms with Crippen LogP contribution in [0.4, 0.5) is 13.2 Å². The molecule has 1 aromatic carbocycles. The number of pyridine rings is 1. The second kappa shape index (κ2) is 9.73. The second-order valence-corrected chi connectivity index (χ2v) is 7.03. The van der Waals surface area contributed by atoms with Gasteiger partial charge in [0.2, 0.25) is 5.91 Å². The lowest BCUT2D eigenvalue weighted by Crippen LogP contribution is -2.30. The molecule has 1 heterocycles. The van der Waals surface area contributed by atoms with Gasteiger partial charge in [-0.25, -0.2) is 0 Å². The lowest BCUT2D eigenvalue weighted by Gasteiger charge is -2.14. The van der Waals surface area contributed by atoms with Crippen molar-refractivity contribution in [3.63, 3.8) is 0 Å². The van der Waals surface area contributed by atoms with Crippen LogP contribution in [0.1, 0.15) is 41.0 Å². The molecule has 2 amide bonds. The van der Waals surface area contributed by atoms with Crippen LogP contribution < -0.4 is 10.6 Å². The lowest BCUT2D eigenvalue weighted by atomic mass is 10.1. The van der Waals surface area contributed by atoms with Gasteiger partial charge in [-0.3, -0.25) is 14.6 Å². The summed E-state index contributed by atoms with van der Waals surface area (Å²) in [6.07, 6.45) is -2.71. The van der Waals surface area contributed by atoms with Crippen molar-refractivity contribution in [1.82, 2.24) is 15.6 Å². The third-order valence-corrected chi connectivity index (χ3v) is 4.59. The monoisotopic (exact) mass is 427 g/mol. The van der Waals surface area contributed by atoms with Gasteiger partial charge in [-0.1, -0.05) is 37.6 Å². The van der Waals surface area contributed by atoms with Gasteiger partial charge in [0, 0.05) is 31.6 Å². The highest BCUT2D eigenvalue weighted by molar-refractivity contribution is 6.32. The number of carbonyl (C=O) groups excluding carboxylic acids is 2. The van der Waals surface area contributed by atoms with E-state index in [4.69, 9.17) is 11.6 Å². The number of nitrogens with zero attached hydrogens (tertiary/aromatic N) is 1. The van der Waals surface area contributed by atoms with E-state index in [0.717, 1.165) is 6.07 Å². The van der Waals surface area contributed by atoms with E-state index in [1.54, 1.807) is 26.0 Å². The minimum Gasteiger partial charge on any atom is -0.355 e. The summed E-state index contributed by atoms with van der Waals surface area (Å²) in [5, 5.41) is 4.88. The number of aromatic nitrogens is 1. The SMILES string of the molecule is CC(C)C(=O)NCCc1ncccc1C(=O)NCc1cccc(C(F)(F)F)c1Cl. The largest absolute Gasteiger partial charge is 0.417 e. The molecular weight excluding hydrogens is 407 g/mol. The fourth-order valence-corrected chi connectivity index (χ4v) is 2.86. The van der Waals surface area contributed by atoms with Crippen molar-refractivity contribution in [1.29, 1.82) is 0 Å². The Morgan fingerprint density at radius 2 is 1.86 bits per heavy atom. The summed E-state index contributed by atoms with van der Waals surface area (Å²) < 4.78 is 38.9. The molecule has 0 aliphatic rings. The van der Waals surface area contributed by atoms with E-state index in [-0.39, 0.29) is 29.5 Å². The van der Waals surface area contributed by atoms with Gasteiger partial charge in [-0.2, -0.15) is 13.2 Å². The number of rotatable bonds is 7. The Kier molecular flexibility index (Phi) is 7.61. The smallest absolute Gasteiger partial charge is 0.355 e. The van der Waals surface area contributed by atoms with Crippen LogP contribution >= 0.6 is 11.6 Å². The number of amides is 2. The molecule has 0 aliphatic heterocycles. The van der Waals surface area contributed by atoms with Crippen molar-refractivity contribution < 1.29 is 22.8 Å². The van der Waals surface area contributed by atoms with E-state index in [2.05, 4.69) is 15.6 Å². The molecule has 2 rings (SSSR count). The zero-order chi connectivity index (χ0) is 21.6. The highest BCUT2D eigenvalue weighted by Gasteiger charge is 2.33. The van der Waals surface area contributed by atoms with E-state index in [1.165, 1.54) is 18.3 Å². The summed E-state index contributed by atoms with van der Waals surface area (Å²) >= 11 is 5.85. The molecule has 156 valence electrons. The molecule has 2 N–H and O–H groups in total. The summed E-state index contributed by atoms with van der Waals surface area (Å²) in [6.45, 7) is 3.69. The first-order chi connectivity index (χ1) is 13.6. The summed E-state index contributed by atoms with van der Waals surface area (Å²) in [6, 6.07) is 6.70. The van der Waals surface area contributed by atoms with Crippen LogP contribution in [-0.4, -0.2) is 23.3 Å². The standard InChI is InChI=1S/C20H21ClF3N3O2/c1-12(2)18(28)26-10-8-16-14(6-4-9-25-16)19(29)27-11-13-5-3-7-15(17(13)21)20(22,23)24/h3-7,9,12H,8,10-11H2,1-2H3,(H,26,28)(H,27,29). The van der Waals surface area contributed by atoms with E-state index >= 15 is 0 Å². The first-order valence-electron chi connectivity index (χ1n) is 8.95. The molecule has 0 saturated carbocycles. The summed E-state index contributed by atoms with van der Waals surface area (Å²) in [4.78, 5) is 28.3. The fraction of sp³-hybridized carbons (Fsp3) is 0.350. The Labute approximate surface area is 171 Å². The molecule has 0 fully saturated rings. The molecule has 0 spiro atoms. The third-order valence-electron chi connectivity index (χ3n) is 4.14. The zero-order valence-corrected chi connectivity index (χ0v) is 16.7. The van der Waals surface area contributed by atoms with E-state index in [1.807, 2.05) is 0 Å². The average molecular weight is 428 g/mol. The van der Waals surface area contributed by atoms with Crippen molar-refractivity contribution in [2.45, 2.75) is 33.0 Å². The molecule has 5 nitrogen and oxygen atoms in total. The maximum atomic E-state index is 13.0. The van der Waals surface area contributed by atoms with Crippen LogP contribution in [0.5, 0.6) is 0 Å². The third kappa shape index (κ3) is 6.19. The topological polar surface area (TPSA) is 71.1 Å². The Morgan fingerprint density at radius 3 is 2.52 bits per heavy atom. The molecule has 0 saturated heterocycles. The number of hydrogen-bond acceptors (Lipinski definition) is 3. The predicted molar refractivity (Wildman–Crippen MR) is 103 cm³/mol. The minimum atomic E-state index is -4.58. The summed E-state index contributed by atoms with van der Waals surface area (Å²) in [7, 11) is 0. The van der Waals surface area contributed by atoms with Crippen molar-refractivity contribution in [2.24, 2.45) is 5.92 Å². The van der Waals surface area contributed by atoms with E-state index in [9.17, 15) is 22.8 Å². The van der Waals surface area contributed by atoms with Crippen molar-refractivity contribution >= 4 is 23.4 Å². The fourth-order valence-electron chi connectivity index (χ4n) is 2.56. The van der Waals surface area contributed by atoms with E-state index < -0.39 is 22.7 Å². The quantitative estimate of drug-likeness (QED) is 0.701. The number of alkyl halides is 3. The number of benzene rings is 1. The Morgan fingerprint density at radius 1 is 1.14 bits per heavy atom. The second-order valence-electron chi connectivity index (χ2n) is 6.65. The molecule has 9 heteroatoms. The average Bonchev–Trinajstić information content (AvgIpc) is 2.66. The minimum absolute atomic E-state index is 0.105. The highest BCUT2D eigenvalue weighted by Crippen LogP contribution is 2.36. The summed E-state index contributed by atoms with van der Waals surface area (Å²) in [5.74, 6) is -0.749. The zero-order valence-electron chi connectivity index (χ0n) is 15.9. The number of nitrogens with one attached hydrogen (secondary N) is 2. The Bertz CT molecular complexity index is 886. The van der Waals surface area contributed by atoms with Crippen LogP contribution in [-0.2, 0) is 23.9 Å². The molecule has 0 radical (unpaired) electrons. The van der Waals surface area contributed by atoms with Gasteiger partial charge in [0.15, 0.2) is 0 Å². The lowest BCUT2D eigenvalue weighted by molar-refractivity contribution is -0.137. The van der Waals surface area contributed by atoms with Gasteiger partial charge in [-0.15, -0.1) is 0 Å². The first kappa shape index (κ1) is 22.7. The van der Waals surface area contributed by atoms with Crippen LogP contribution in [0.2, 0.25) is 5.02 Å². The Balaban J connectivity index is 2.06. The van der Waals surface area contributed by atoms with Crippen LogP contribution in [0.25, 0.3) is 0 Å². The van der Waals surface area contributed by atoms with Crippen LogP contribution in [0.3, 0.4) is 0 Å². The van der Waals surface area contributed by atoms with Gasteiger partial charge >= 0.3 is 6.18 Å². The Hall–Kier alpha value is -2.61. The number of hydrogen-bond donors (Lipinski definition) is 2. The maximum absolute atomic E-state index is 13.0. The van der Waals surface area contributed by atoms with Crippen molar-refractivity contribution in [3.05, 3.63) is 63.9 Å². The number of carbonyl (C=O) groups is 2. The molecular formula is C20H21ClF3N3O2. The van der Waals surface area contributed by atoms with Gasteiger partial charge in [0.05, 0.1) is 21.8 Å². The van der Waals surface area contributed by atoms with Gasteiger partial charge < -0.3 is 10.6 Å². The normalized spacial score (nSPS) is 11.4. The summed E-state index contributed by atoms with van der Waals surface area (Å²) in [5.41, 5.74) is -0.0306. The molecule has 29 heavy (non-hydrogen) atoms.